The fraction of sp³-hybridized carbons (Fsp3) is 0.0870. The number of hydrogen-bond donors (Lipinski definition) is 3. The van der Waals surface area contributed by atoms with E-state index in [1.54, 1.807) is 12.1 Å². The molecule has 0 saturated heterocycles. The van der Waals surface area contributed by atoms with Crippen LogP contribution in [-0.2, 0) is 0 Å². The number of hydrogen-bond acceptors (Lipinski definition) is 5. The first-order valence-corrected chi connectivity index (χ1v) is 9.39. The van der Waals surface area contributed by atoms with Gasteiger partial charge in [-0.05, 0) is 30.7 Å². The maximum absolute atomic E-state index is 13.0. The number of aromatic nitrogens is 1. The monoisotopic (exact) mass is 400 g/mol. The third kappa shape index (κ3) is 3.73. The van der Waals surface area contributed by atoms with Gasteiger partial charge in [0.25, 0.3) is 11.8 Å². The number of anilines is 3. The van der Waals surface area contributed by atoms with Gasteiger partial charge in [0, 0.05) is 24.3 Å². The second kappa shape index (κ2) is 8.08. The zero-order chi connectivity index (χ0) is 21.1. The number of pyridine rings is 1. The molecule has 7 heteroatoms. The van der Waals surface area contributed by atoms with Crippen LogP contribution in [-0.4, -0.2) is 23.8 Å². The molecule has 0 unspecified atom stereocenters. The molecule has 0 radical (unpaired) electrons. The Hall–Kier alpha value is -4.13. The first kappa shape index (κ1) is 19.2. The second-order valence-corrected chi connectivity index (χ2v) is 6.74. The van der Waals surface area contributed by atoms with Crippen molar-refractivity contribution < 1.29 is 14.0 Å². The lowest BCUT2D eigenvalue weighted by Gasteiger charge is -2.14. The molecule has 0 aliphatic heterocycles. The summed E-state index contributed by atoms with van der Waals surface area (Å²) >= 11 is 0. The minimum Gasteiger partial charge on any atom is -0.463 e. The van der Waals surface area contributed by atoms with Gasteiger partial charge >= 0.3 is 0 Å². The molecule has 3 N–H and O–H groups in total. The van der Waals surface area contributed by atoms with E-state index >= 15 is 0 Å². The Morgan fingerprint density at radius 1 is 0.967 bits per heavy atom. The number of para-hydroxylation sites is 2. The van der Waals surface area contributed by atoms with Gasteiger partial charge < -0.3 is 20.4 Å². The third-order valence-electron chi connectivity index (χ3n) is 4.75. The normalized spacial score (nSPS) is 10.6. The summed E-state index contributed by atoms with van der Waals surface area (Å²) in [5.41, 5.74) is 3.61. The molecule has 0 aliphatic rings. The zero-order valence-electron chi connectivity index (χ0n) is 16.5. The molecule has 30 heavy (non-hydrogen) atoms. The van der Waals surface area contributed by atoms with Crippen molar-refractivity contribution in [3.8, 4) is 0 Å². The maximum atomic E-state index is 13.0. The molecule has 0 bridgehead atoms. The number of carbonyl (C=O) groups excluding carboxylic acids is 2. The minimum absolute atomic E-state index is 0.297. The fourth-order valence-electron chi connectivity index (χ4n) is 3.11. The Balaban J connectivity index is 1.71. The molecular weight excluding hydrogens is 380 g/mol. The third-order valence-corrected chi connectivity index (χ3v) is 4.75. The van der Waals surface area contributed by atoms with Crippen LogP contribution in [0.2, 0.25) is 0 Å². The van der Waals surface area contributed by atoms with Crippen molar-refractivity contribution in [2.24, 2.45) is 0 Å². The van der Waals surface area contributed by atoms with E-state index in [0.29, 0.717) is 33.6 Å². The fourth-order valence-corrected chi connectivity index (χ4v) is 3.11. The highest BCUT2D eigenvalue weighted by Crippen LogP contribution is 2.28. The molecule has 7 nitrogen and oxygen atoms in total. The van der Waals surface area contributed by atoms with Gasteiger partial charge in [0.2, 0.25) is 0 Å². The number of nitrogens with one attached hydrogen (secondary N) is 3. The van der Waals surface area contributed by atoms with Crippen molar-refractivity contribution in [3.05, 3.63) is 83.7 Å². The van der Waals surface area contributed by atoms with Crippen molar-refractivity contribution in [1.82, 2.24) is 10.3 Å². The number of nitrogens with zero attached hydrogens (tertiary/aromatic N) is 1. The number of amides is 2. The number of fused-ring (bicyclic) bond motifs is 1. The highest BCUT2D eigenvalue weighted by atomic mass is 16.3. The molecule has 2 amide bonds. The summed E-state index contributed by atoms with van der Waals surface area (Å²) in [7, 11) is 1.54. The van der Waals surface area contributed by atoms with Gasteiger partial charge in [-0.1, -0.05) is 36.4 Å². The Bertz CT molecular complexity index is 1250. The molecule has 0 saturated carbocycles. The summed E-state index contributed by atoms with van der Waals surface area (Å²) < 4.78 is 5.47. The van der Waals surface area contributed by atoms with Crippen LogP contribution < -0.4 is 16.0 Å². The summed E-state index contributed by atoms with van der Waals surface area (Å²) in [5, 5.41) is 9.36. The van der Waals surface area contributed by atoms with Crippen LogP contribution in [0.4, 0.5) is 17.2 Å². The van der Waals surface area contributed by atoms with E-state index < -0.39 is 0 Å². The first-order valence-electron chi connectivity index (χ1n) is 9.39. The Labute approximate surface area is 173 Å². The Morgan fingerprint density at radius 3 is 2.53 bits per heavy atom. The number of carbonyl (C=O) groups is 2. The number of aryl methyl sites for hydroxylation is 1. The summed E-state index contributed by atoms with van der Waals surface area (Å²) in [5.74, 6) is -0.226. The van der Waals surface area contributed by atoms with Crippen molar-refractivity contribution in [2.45, 2.75) is 6.92 Å². The lowest BCUT2D eigenvalue weighted by atomic mass is 10.1. The molecule has 2 heterocycles. The molecule has 4 rings (SSSR count). The molecule has 0 aliphatic carbocycles. The Morgan fingerprint density at radius 2 is 1.73 bits per heavy atom. The van der Waals surface area contributed by atoms with Crippen LogP contribution in [0.15, 0.2) is 71.5 Å². The Kier molecular flexibility index (Phi) is 5.17. The molecule has 0 fully saturated rings. The molecule has 150 valence electrons. The van der Waals surface area contributed by atoms with Gasteiger partial charge in [0.15, 0.2) is 5.82 Å². The molecular formula is C23H20N4O3. The SMILES string of the molecule is CNC(=O)c1cnc(Nc2ccccc2C)c(NC(=O)c2coc3ccccc23)c1. The highest BCUT2D eigenvalue weighted by molar-refractivity contribution is 6.13. The van der Waals surface area contributed by atoms with Gasteiger partial charge in [0.05, 0.1) is 16.8 Å². The van der Waals surface area contributed by atoms with Crippen molar-refractivity contribution in [3.63, 3.8) is 0 Å². The number of benzene rings is 2. The molecule has 2 aromatic carbocycles. The van der Waals surface area contributed by atoms with Gasteiger partial charge in [-0.15, -0.1) is 0 Å². The smallest absolute Gasteiger partial charge is 0.259 e. The minimum atomic E-state index is -0.358. The summed E-state index contributed by atoms with van der Waals surface area (Å²) in [6.07, 6.45) is 2.88. The van der Waals surface area contributed by atoms with E-state index in [4.69, 9.17) is 4.42 Å². The molecule has 0 spiro atoms. The van der Waals surface area contributed by atoms with Gasteiger partial charge in [-0.25, -0.2) is 4.98 Å². The van der Waals surface area contributed by atoms with E-state index in [9.17, 15) is 9.59 Å². The lowest BCUT2D eigenvalue weighted by Crippen LogP contribution is -2.19. The van der Waals surface area contributed by atoms with Crippen molar-refractivity contribution in [2.75, 3.05) is 17.7 Å². The van der Waals surface area contributed by atoms with E-state index in [1.807, 2.05) is 49.4 Å². The van der Waals surface area contributed by atoms with Crippen molar-refractivity contribution in [1.29, 1.82) is 0 Å². The quantitative estimate of drug-likeness (QED) is 0.459. The standard InChI is InChI=1S/C23H20N4O3/c1-14-7-3-5-9-18(14)26-21-19(11-15(12-25-21)22(28)24-2)27-23(29)17-13-30-20-10-6-4-8-16(17)20/h3-13H,1-2H3,(H,24,28)(H,25,26)(H,27,29). The maximum Gasteiger partial charge on any atom is 0.259 e. The average molecular weight is 400 g/mol. The lowest BCUT2D eigenvalue weighted by molar-refractivity contribution is 0.0961. The highest BCUT2D eigenvalue weighted by Gasteiger charge is 2.17. The van der Waals surface area contributed by atoms with Crippen LogP contribution in [0.1, 0.15) is 26.3 Å². The second-order valence-electron chi connectivity index (χ2n) is 6.74. The predicted octanol–water partition coefficient (Wildman–Crippen LogP) is 4.49. The largest absolute Gasteiger partial charge is 0.463 e. The van der Waals surface area contributed by atoms with Gasteiger partial charge in [-0.3, -0.25) is 9.59 Å². The van der Waals surface area contributed by atoms with Crippen LogP contribution in [0, 0.1) is 6.92 Å². The molecule has 0 atom stereocenters. The summed E-state index contributed by atoms with van der Waals surface area (Å²) in [4.78, 5) is 29.4. The van der Waals surface area contributed by atoms with E-state index in [0.717, 1.165) is 11.3 Å². The summed E-state index contributed by atoms with van der Waals surface area (Å²) in [6.45, 7) is 1.97. The number of furan rings is 1. The van der Waals surface area contributed by atoms with Gasteiger partial charge in [0.1, 0.15) is 11.8 Å². The summed E-state index contributed by atoms with van der Waals surface area (Å²) in [6, 6.07) is 16.6. The van der Waals surface area contributed by atoms with Gasteiger partial charge in [-0.2, -0.15) is 0 Å². The van der Waals surface area contributed by atoms with Crippen LogP contribution in [0.3, 0.4) is 0 Å². The van der Waals surface area contributed by atoms with E-state index in [-0.39, 0.29) is 11.8 Å². The van der Waals surface area contributed by atoms with Crippen molar-refractivity contribution >= 4 is 40.0 Å². The zero-order valence-corrected chi connectivity index (χ0v) is 16.5. The van der Waals surface area contributed by atoms with Crippen LogP contribution in [0.5, 0.6) is 0 Å². The van der Waals surface area contributed by atoms with E-state index in [2.05, 4.69) is 20.9 Å². The number of rotatable bonds is 5. The molecule has 4 aromatic rings. The first-order chi connectivity index (χ1) is 14.6. The van der Waals surface area contributed by atoms with E-state index in [1.165, 1.54) is 19.5 Å². The topological polar surface area (TPSA) is 96.3 Å². The molecule has 2 aromatic heterocycles. The average Bonchev–Trinajstić information content (AvgIpc) is 3.20. The predicted molar refractivity (Wildman–Crippen MR) is 116 cm³/mol. The van der Waals surface area contributed by atoms with Crippen LogP contribution >= 0.6 is 0 Å². The van der Waals surface area contributed by atoms with Crippen LogP contribution in [0.25, 0.3) is 11.0 Å².